The molecule has 1 fully saturated rings. The van der Waals surface area contributed by atoms with Crippen molar-refractivity contribution in [3.63, 3.8) is 0 Å². The van der Waals surface area contributed by atoms with E-state index in [2.05, 4.69) is 11.7 Å². The van der Waals surface area contributed by atoms with E-state index in [1.54, 1.807) is 0 Å². The number of rotatable bonds is 10. The maximum absolute atomic E-state index is 13.8. The first-order valence-electron chi connectivity index (χ1n) is 9.18. The number of ether oxygens (including phenoxy) is 3. The second kappa shape index (κ2) is 10.2. The van der Waals surface area contributed by atoms with E-state index in [1.807, 2.05) is 0 Å². The second-order valence-corrected chi connectivity index (χ2v) is 6.73. The SMILES string of the molecule is CCCC1COC(CCCCc2ccc(OC(F)(F)C(F)F)c(F)c2)OC1. The van der Waals surface area contributed by atoms with Crippen LogP contribution in [-0.4, -0.2) is 32.0 Å². The van der Waals surface area contributed by atoms with Gasteiger partial charge in [-0.15, -0.1) is 0 Å². The smallest absolute Gasteiger partial charge is 0.425 e. The van der Waals surface area contributed by atoms with Crippen molar-refractivity contribution in [1.82, 2.24) is 0 Å². The van der Waals surface area contributed by atoms with Crippen LogP contribution in [0.2, 0.25) is 0 Å². The minimum atomic E-state index is -4.72. The van der Waals surface area contributed by atoms with E-state index in [1.165, 1.54) is 6.07 Å². The number of unbranched alkanes of at least 4 members (excludes halogenated alkanes) is 1. The van der Waals surface area contributed by atoms with Crippen LogP contribution in [0.4, 0.5) is 22.0 Å². The molecule has 1 heterocycles. The van der Waals surface area contributed by atoms with Crippen molar-refractivity contribution in [2.75, 3.05) is 13.2 Å². The monoisotopic (exact) mass is 396 g/mol. The van der Waals surface area contributed by atoms with E-state index in [9.17, 15) is 22.0 Å². The van der Waals surface area contributed by atoms with E-state index in [0.717, 1.165) is 44.2 Å². The zero-order valence-corrected chi connectivity index (χ0v) is 15.2. The lowest BCUT2D eigenvalue weighted by Crippen LogP contribution is -2.33. The van der Waals surface area contributed by atoms with Gasteiger partial charge in [-0.05, 0) is 49.8 Å². The lowest BCUT2D eigenvalue weighted by atomic mass is 10.0. The molecule has 1 saturated heterocycles. The highest BCUT2D eigenvalue weighted by Gasteiger charge is 2.44. The zero-order chi connectivity index (χ0) is 19.9. The van der Waals surface area contributed by atoms with Crippen LogP contribution >= 0.6 is 0 Å². The van der Waals surface area contributed by atoms with Crippen molar-refractivity contribution in [2.45, 2.75) is 64.3 Å². The van der Waals surface area contributed by atoms with Crippen LogP contribution in [0.1, 0.15) is 44.6 Å². The Kier molecular flexibility index (Phi) is 8.28. The predicted octanol–water partition coefficient (Wildman–Crippen LogP) is 5.56. The molecular formula is C19H25F5O3. The Balaban J connectivity index is 1.72. The summed E-state index contributed by atoms with van der Waals surface area (Å²) in [5.41, 5.74) is 0.578. The maximum atomic E-state index is 13.8. The van der Waals surface area contributed by atoms with Crippen LogP contribution in [0.15, 0.2) is 18.2 Å². The molecule has 3 nitrogen and oxygen atoms in total. The van der Waals surface area contributed by atoms with Crippen molar-refractivity contribution >= 4 is 0 Å². The molecule has 0 saturated carbocycles. The average Bonchev–Trinajstić information content (AvgIpc) is 2.62. The van der Waals surface area contributed by atoms with E-state index in [0.29, 0.717) is 31.1 Å². The molecule has 1 aliphatic heterocycles. The minimum Gasteiger partial charge on any atom is -0.425 e. The largest absolute Gasteiger partial charge is 0.461 e. The maximum Gasteiger partial charge on any atom is 0.461 e. The third-order valence-electron chi connectivity index (χ3n) is 4.38. The predicted molar refractivity (Wildman–Crippen MR) is 89.6 cm³/mol. The molecule has 27 heavy (non-hydrogen) atoms. The molecular weight excluding hydrogens is 371 g/mol. The minimum absolute atomic E-state index is 0.220. The molecule has 0 aliphatic carbocycles. The van der Waals surface area contributed by atoms with Gasteiger partial charge in [0.15, 0.2) is 17.9 Å². The fourth-order valence-corrected chi connectivity index (χ4v) is 2.94. The number of benzene rings is 1. The van der Waals surface area contributed by atoms with Gasteiger partial charge in [0.1, 0.15) is 0 Å². The Morgan fingerprint density at radius 1 is 1.15 bits per heavy atom. The first-order valence-corrected chi connectivity index (χ1v) is 9.18. The highest BCUT2D eigenvalue weighted by atomic mass is 19.3. The molecule has 1 aliphatic rings. The van der Waals surface area contributed by atoms with Crippen molar-refractivity contribution in [3.8, 4) is 5.75 Å². The highest BCUT2D eigenvalue weighted by molar-refractivity contribution is 5.29. The van der Waals surface area contributed by atoms with Crippen LogP contribution in [0.25, 0.3) is 0 Å². The summed E-state index contributed by atoms with van der Waals surface area (Å²) < 4.78 is 78.8. The number of halogens is 5. The van der Waals surface area contributed by atoms with Gasteiger partial charge in [0, 0.05) is 5.92 Å². The standard InChI is InChI=1S/C19H25F5O3/c1-2-5-14-11-25-17(26-12-14)7-4-3-6-13-8-9-16(15(20)10-13)27-19(23,24)18(21)22/h8-10,14,17-18H,2-7,11-12H2,1H3. The number of aryl methyl sites for hydroxylation is 1. The fraction of sp³-hybridized carbons (Fsp3) is 0.684. The van der Waals surface area contributed by atoms with Gasteiger partial charge in [-0.25, -0.2) is 4.39 Å². The van der Waals surface area contributed by atoms with Gasteiger partial charge >= 0.3 is 12.5 Å². The molecule has 1 aromatic carbocycles. The molecule has 0 atom stereocenters. The summed E-state index contributed by atoms with van der Waals surface area (Å²) in [4.78, 5) is 0. The molecule has 0 amide bonds. The van der Waals surface area contributed by atoms with Crippen LogP contribution in [0, 0.1) is 11.7 Å². The molecule has 154 valence electrons. The summed E-state index contributed by atoms with van der Waals surface area (Å²) in [5, 5.41) is 0. The summed E-state index contributed by atoms with van der Waals surface area (Å²) >= 11 is 0. The summed E-state index contributed by atoms with van der Waals surface area (Å²) in [6.07, 6.45) is -4.01. The molecule has 8 heteroatoms. The summed E-state index contributed by atoms with van der Waals surface area (Å²) in [5.74, 6) is -1.53. The lowest BCUT2D eigenvalue weighted by molar-refractivity contribution is -0.254. The highest BCUT2D eigenvalue weighted by Crippen LogP contribution is 2.30. The molecule has 1 aromatic rings. The Morgan fingerprint density at radius 3 is 2.44 bits per heavy atom. The second-order valence-electron chi connectivity index (χ2n) is 6.73. The van der Waals surface area contributed by atoms with Crippen LogP contribution in [0.5, 0.6) is 5.75 Å². The number of alkyl halides is 4. The topological polar surface area (TPSA) is 27.7 Å². The zero-order valence-electron chi connectivity index (χ0n) is 15.2. The number of hydrogen-bond acceptors (Lipinski definition) is 3. The van der Waals surface area contributed by atoms with Gasteiger partial charge < -0.3 is 14.2 Å². The van der Waals surface area contributed by atoms with Gasteiger partial charge in [-0.1, -0.05) is 19.4 Å². The van der Waals surface area contributed by atoms with Gasteiger partial charge in [0.05, 0.1) is 13.2 Å². The van der Waals surface area contributed by atoms with Gasteiger partial charge in [-0.2, -0.15) is 17.6 Å². The third-order valence-corrected chi connectivity index (χ3v) is 4.38. The molecule has 0 bridgehead atoms. The van der Waals surface area contributed by atoms with Gasteiger partial charge in [0.2, 0.25) is 0 Å². The van der Waals surface area contributed by atoms with Gasteiger partial charge in [0.25, 0.3) is 0 Å². The normalized spacial score (nSPS) is 20.9. The Bertz CT molecular complexity index is 574. The van der Waals surface area contributed by atoms with Crippen molar-refractivity contribution in [1.29, 1.82) is 0 Å². The Morgan fingerprint density at radius 2 is 1.85 bits per heavy atom. The molecule has 0 spiro atoms. The Hall–Kier alpha value is -1.41. The van der Waals surface area contributed by atoms with Crippen LogP contribution < -0.4 is 4.74 Å². The van der Waals surface area contributed by atoms with Crippen molar-refractivity contribution in [3.05, 3.63) is 29.6 Å². The van der Waals surface area contributed by atoms with Crippen molar-refractivity contribution < 1.29 is 36.2 Å². The van der Waals surface area contributed by atoms with E-state index in [-0.39, 0.29) is 6.29 Å². The average molecular weight is 396 g/mol. The molecule has 0 unspecified atom stereocenters. The lowest BCUT2D eigenvalue weighted by Gasteiger charge is -2.29. The summed E-state index contributed by atoms with van der Waals surface area (Å²) in [6, 6.07) is 3.37. The van der Waals surface area contributed by atoms with E-state index < -0.39 is 24.1 Å². The van der Waals surface area contributed by atoms with Crippen LogP contribution in [0.3, 0.4) is 0 Å². The first kappa shape index (κ1) is 21.9. The molecule has 0 radical (unpaired) electrons. The first-order chi connectivity index (χ1) is 12.8. The van der Waals surface area contributed by atoms with Crippen molar-refractivity contribution in [2.24, 2.45) is 5.92 Å². The summed E-state index contributed by atoms with van der Waals surface area (Å²) in [7, 11) is 0. The van der Waals surface area contributed by atoms with E-state index in [4.69, 9.17) is 9.47 Å². The molecule has 0 N–H and O–H groups in total. The van der Waals surface area contributed by atoms with Gasteiger partial charge in [-0.3, -0.25) is 0 Å². The number of hydrogen-bond donors (Lipinski definition) is 0. The summed E-state index contributed by atoms with van der Waals surface area (Å²) in [6.45, 7) is 3.53. The third kappa shape index (κ3) is 6.92. The van der Waals surface area contributed by atoms with Crippen LogP contribution in [-0.2, 0) is 15.9 Å². The quantitative estimate of drug-likeness (QED) is 0.383. The molecule has 2 rings (SSSR count). The molecule has 0 aromatic heterocycles. The van der Waals surface area contributed by atoms with E-state index >= 15 is 0 Å². The Labute approximate surface area is 155 Å². The fourth-order valence-electron chi connectivity index (χ4n) is 2.94.